The van der Waals surface area contributed by atoms with Gasteiger partial charge in [0.05, 0.1) is 52.4 Å². The summed E-state index contributed by atoms with van der Waals surface area (Å²) in [5.41, 5.74) is 7.95. The molecule has 13 nitrogen and oxygen atoms in total. The highest BCUT2D eigenvalue weighted by atomic mass is 31.2. The van der Waals surface area contributed by atoms with Crippen LogP contribution in [0.5, 0.6) is 11.5 Å². The fraction of sp³-hybridized carbons (Fsp3) is 0.400. The van der Waals surface area contributed by atoms with Crippen LogP contribution in [0.4, 0.5) is 10.2 Å². The SMILES string of the molecule is COc1ccc(C(OC[C@H]2O[C@@H](n3cnc4c(N)nc(F)nc43)C[C@@H]2OP(OCCC#N)N(C(C)C)C(C)C)(c2ccccc2)c2ccc(OC)cc2)cc1. The second-order valence-electron chi connectivity index (χ2n) is 13.6. The summed E-state index contributed by atoms with van der Waals surface area (Å²) < 4.78 is 56.7. The van der Waals surface area contributed by atoms with E-state index in [9.17, 15) is 9.65 Å². The van der Waals surface area contributed by atoms with Crippen molar-refractivity contribution in [3.8, 4) is 17.6 Å². The Kier molecular flexibility index (Phi) is 12.9. The standard InChI is InChI=1S/C40H47FN7O6P/c1-26(2)48(27(3)4)55(52-22-10-21-42)54-33-23-35(47-25-44-36-37(43)45-39(41)46-38(36)47)53-34(33)24-51-40(28-11-8-7-9-12-28,29-13-17-31(49-5)18-14-29)30-15-19-32(50-6)20-16-30/h7-9,11-20,25-27,33-35H,10,22-24H2,1-6H3,(H2,43,45,46)/t33-,34+,35+,55?/m0/s1. The van der Waals surface area contributed by atoms with Crippen molar-refractivity contribution in [2.75, 3.05) is 33.2 Å². The van der Waals surface area contributed by atoms with E-state index in [1.165, 1.54) is 6.33 Å². The minimum atomic E-state index is -1.67. The molecule has 1 fully saturated rings. The molecular formula is C40H47FN7O6P. The van der Waals surface area contributed by atoms with E-state index < -0.39 is 38.6 Å². The molecule has 3 aromatic carbocycles. The average Bonchev–Trinajstić information content (AvgIpc) is 3.79. The number of nitrogens with zero attached hydrogens (tertiary/aromatic N) is 6. The molecule has 1 saturated heterocycles. The molecule has 0 spiro atoms. The van der Waals surface area contributed by atoms with Gasteiger partial charge in [0, 0.05) is 18.5 Å². The Balaban J connectivity index is 1.44. The lowest BCUT2D eigenvalue weighted by atomic mass is 9.80. The van der Waals surface area contributed by atoms with E-state index >= 15 is 0 Å². The molecule has 0 aliphatic carbocycles. The molecule has 1 unspecified atom stereocenters. The van der Waals surface area contributed by atoms with Gasteiger partial charge >= 0.3 is 6.08 Å². The first kappa shape index (κ1) is 39.9. The zero-order chi connectivity index (χ0) is 39.1. The third kappa shape index (κ3) is 8.58. The first-order chi connectivity index (χ1) is 26.6. The van der Waals surface area contributed by atoms with E-state index in [1.54, 1.807) is 18.8 Å². The van der Waals surface area contributed by atoms with Crippen LogP contribution in [0.15, 0.2) is 85.2 Å². The van der Waals surface area contributed by atoms with E-state index in [0.717, 1.165) is 16.7 Å². The predicted octanol–water partition coefficient (Wildman–Crippen LogP) is 7.52. The number of hydrogen-bond donors (Lipinski definition) is 1. The van der Waals surface area contributed by atoms with E-state index in [-0.39, 0.29) is 48.7 Å². The highest BCUT2D eigenvalue weighted by Gasteiger charge is 2.45. The molecule has 0 radical (unpaired) electrons. The van der Waals surface area contributed by atoms with Gasteiger partial charge in [-0.25, -0.2) is 9.65 Å². The number of aromatic nitrogens is 4. The number of methoxy groups -OCH3 is 2. The second-order valence-corrected chi connectivity index (χ2v) is 15.0. The maximum atomic E-state index is 14.5. The number of rotatable bonds is 17. The number of anilines is 1. The Bertz CT molecular complexity index is 1990. The van der Waals surface area contributed by atoms with Crippen LogP contribution in [0.2, 0.25) is 0 Å². The zero-order valence-corrected chi connectivity index (χ0v) is 32.7. The maximum absolute atomic E-state index is 14.5. The summed E-state index contributed by atoms with van der Waals surface area (Å²) in [4.78, 5) is 12.0. The predicted molar refractivity (Wildman–Crippen MR) is 207 cm³/mol. The molecule has 4 atom stereocenters. The third-order valence-electron chi connectivity index (χ3n) is 9.44. The molecule has 290 valence electrons. The molecule has 55 heavy (non-hydrogen) atoms. The molecule has 15 heteroatoms. The van der Waals surface area contributed by atoms with Crippen molar-refractivity contribution in [3.05, 3.63) is 108 Å². The molecule has 6 rings (SSSR count). The molecule has 1 aliphatic heterocycles. The highest BCUT2D eigenvalue weighted by Crippen LogP contribution is 2.51. The lowest BCUT2D eigenvalue weighted by Gasteiger charge is -2.39. The number of halogens is 1. The van der Waals surface area contributed by atoms with Crippen molar-refractivity contribution >= 4 is 25.5 Å². The summed E-state index contributed by atoms with van der Waals surface area (Å²) in [5.74, 6) is 1.33. The summed E-state index contributed by atoms with van der Waals surface area (Å²) in [6.07, 6.45) is -0.866. The minimum absolute atomic E-state index is 0.0525. The fourth-order valence-electron chi connectivity index (χ4n) is 6.95. The van der Waals surface area contributed by atoms with E-state index in [1.807, 2.05) is 78.9 Å². The van der Waals surface area contributed by atoms with Gasteiger partial charge in [0.25, 0.3) is 8.53 Å². The van der Waals surface area contributed by atoms with Crippen molar-refractivity contribution in [1.82, 2.24) is 24.2 Å². The molecule has 0 amide bonds. The third-order valence-corrected chi connectivity index (χ3v) is 11.6. The number of benzene rings is 3. The van der Waals surface area contributed by atoms with Gasteiger partial charge in [-0.1, -0.05) is 54.6 Å². The van der Waals surface area contributed by atoms with Gasteiger partial charge in [-0.15, -0.1) is 0 Å². The van der Waals surface area contributed by atoms with Crippen LogP contribution in [-0.2, 0) is 24.1 Å². The van der Waals surface area contributed by atoms with Crippen molar-refractivity contribution < 1.29 is 32.4 Å². The van der Waals surface area contributed by atoms with E-state index in [0.29, 0.717) is 17.9 Å². The Hall–Kier alpha value is -4.74. The second kappa shape index (κ2) is 17.8. The summed E-state index contributed by atoms with van der Waals surface area (Å²) in [7, 11) is 1.59. The van der Waals surface area contributed by atoms with Crippen LogP contribution < -0.4 is 15.2 Å². The van der Waals surface area contributed by atoms with E-state index in [2.05, 4.69) is 53.4 Å². The van der Waals surface area contributed by atoms with Crippen molar-refractivity contribution in [2.45, 2.75) is 76.7 Å². The molecule has 5 aromatic rings. The molecule has 1 aliphatic rings. The number of nitrogens with two attached hydrogens (primary N) is 1. The molecule has 2 aromatic heterocycles. The van der Waals surface area contributed by atoms with Crippen LogP contribution >= 0.6 is 8.53 Å². The summed E-state index contributed by atoms with van der Waals surface area (Å²) in [6.45, 7) is 8.56. The Morgan fingerprint density at radius 1 is 0.945 bits per heavy atom. The monoisotopic (exact) mass is 771 g/mol. The zero-order valence-electron chi connectivity index (χ0n) is 31.8. The topological polar surface area (TPSA) is 152 Å². The molecule has 0 saturated carbocycles. The van der Waals surface area contributed by atoms with Crippen LogP contribution in [0, 0.1) is 17.4 Å². The largest absolute Gasteiger partial charge is 0.497 e. The average molecular weight is 772 g/mol. The van der Waals surface area contributed by atoms with Gasteiger partial charge < -0.3 is 33.7 Å². The summed E-state index contributed by atoms with van der Waals surface area (Å²) in [5, 5.41) is 9.33. The number of nitrogen functional groups attached to an aromatic ring is 1. The quantitative estimate of drug-likeness (QED) is 0.0431. The number of ether oxygens (including phenoxy) is 4. The normalized spacial score (nSPS) is 17.9. The molecule has 2 N–H and O–H groups in total. The fourth-order valence-corrected chi connectivity index (χ4v) is 8.70. The summed E-state index contributed by atoms with van der Waals surface area (Å²) in [6, 6.07) is 27.9. The molecular weight excluding hydrogens is 724 g/mol. The number of hydrogen-bond acceptors (Lipinski definition) is 12. The lowest BCUT2D eigenvalue weighted by Crippen LogP contribution is -2.39. The van der Waals surface area contributed by atoms with Crippen molar-refractivity contribution in [2.24, 2.45) is 0 Å². The Morgan fingerprint density at radius 2 is 1.55 bits per heavy atom. The molecule has 0 bridgehead atoms. The minimum Gasteiger partial charge on any atom is -0.497 e. The van der Waals surface area contributed by atoms with Gasteiger partial charge in [0.1, 0.15) is 29.4 Å². The van der Waals surface area contributed by atoms with Crippen LogP contribution in [0.3, 0.4) is 0 Å². The van der Waals surface area contributed by atoms with Gasteiger partial charge in [0.2, 0.25) is 0 Å². The van der Waals surface area contributed by atoms with Crippen molar-refractivity contribution in [1.29, 1.82) is 5.26 Å². The maximum Gasteiger partial charge on any atom is 0.312 e. The van der Waals surface area contributed by atoms with E-state index in [4.69, 9.17) is 33.7 Å². The van der Waals surface area contributed by atoms with Gasteiger partial charge in [0.15, 0.2) is 17.0 Å². The van der Waals surface area contributed by atoms with Crippen LogP contribution in [0.1, 0.15) is 63.5 Å². The summed E-state index contributed by atoms with van der Waals surface area (Å²) >= 11 is 0. The van der Waals surface area contributed by atoms with Gasteiger partial charge in [-0.05, 0) is 68.7 Å². The first-order valence-electron chi connectivity index (χ1n) is 18.1. The van der Waals surface area contributed by atoms with Crippen LogP contribution in [0.25, 0.3) is 11.2 Å². The number of fused-ring (bicyclic) bond motifs is 1. The number of nitriles is 1. The lowest BCUT2D eigenvalue weighted by molar-refractivity contribution is -0.0912. The first-order valence-corrected chi connectivity index (χ1v) is 19.3. The van der Waals surface area contributed by atoms with Crippen molar-refractivity contribution in [3.63, 3.8) is 0 Å². The Morgan fingerprint density at radius 3 is 2.11 bits per heavy atom. The highest BCUT2D eigenvalue weighted by molar-refractivity contribution is 7.44. The Labute approximate surface area is 322 Å². The number of imidazole rings is 1. The van der Waals surface area contributed by atoms with Gasteiger partial charge in [-0.3, -0.25) is 4.57 Å². The van der Waals surface area contributed by atoms with Crippen LogP contribution in [-0.4, -0.2) is 75.9 Å². The molecule has 3 heterocycles. The van der Waals surface area contributed by atoms with Gasteiger partial charge in [-0.2, -0.15) is 19.6 Å². The smallest absolute Gasteiger partial charge is 0.312 e.